The Bertz CT molecular complexity index is 733. The molecule has 0 aromatic carbocycles. The summed E-state index contributed by atoms with van der Waals surface area (Å²) in [6.45, 7) is 2.44. The van der Waals surface area contributed by atoms with Crippen molar-refractivity contribution in [2.45, 2.75) is 12.5 Å². The van der Waals surface area contributed by atoms with Gasteiger partial charge in [0.05, 0.1) is 11.8 Å². The number of hydrogen-bond donors (Lipinski definition) is 1. The Hall–Kier alpha value is -1.90. The van der Waals surface area contributed by atoms with E-state index in [1.54, 1.807) is 17.9 Å². The van der Waals surface area contributed by atoms with E-state index in [0.29, 0.717) is 26.2 Å². The van der Waals surface area contributed by atoms with Gasteiger partial charge < -0.3 is 15.1 Å². The van der Waals surface area contributed by atoms with Crippen molar-refractivity contribution in [3.63, 3.8) is 0 Å². The summed E-state index contributed by atoms with van der Waals surface area (Å²) in [5, 5.41) is 11.0. The number of carbonyl (C=O) groups excluding carboxylic acids is 2. The number of carbonyl (C=O) groups is 2. The van der Waals surface area contributed by atoms with Crippen LogP contribution in [-0.4, -0.2) is 64.6 Å². The molecule has 142 valence electrons. The zero-order valence-corrected chi connectivity index (χ0v) is 16.6. The summed E-state index contributed by atoms with van der Waals surface area (Å²) in [5.74, 6) is 0.0771. The van der Waals surface area contributed by atoms with Gasteiger partial charge >= 0.3 is 0 Å². The van der Waals surface area contributed by atoms with Crippen LogP contribution >= 0.6 is 23.7 Å². The number of hydrogen-bond acceptors (Lipinski definition) is 5. The largest absolute Gasteiger partial charge is 0.339 e. The third-order valence-corrected chi connectivity index (χ3v) is 5.14. The van der Waals surface area contributed by atoms with E-state index in [9.17, 15) is 9.59 Å². The van der Waals surface area contributed by atoms with Crippen LogP contribution in [0.2, 0.25) is 0 Å². The molecule has 26 heavy (non-hydrogen) atoms. The minimum Gasteiger partial charge on any atom is -0.339 e. The summed E-state index contributed by atoms with van der Waals surface area (Å²) in [4.78, 5) is 29.1. The van der Waals surface area contributed by atoms with Crippen LogP contribution in [0.15, 0.2) is 29.2 Å². The SMILES string of the molecule is CNC(C(=O)N1CCCN(C(=O)c2ccsc2)CC1)c1cnn(C)c1.Cl. The van der Waals surface area contributed by atoms with Crippen molar-refractivity contribution in [3.05, 3.63) is 40.3 Å². The lowest BCUT2D eigenvalue weighted by molar-refractivity contribution is -0.133. The molecule has 0 radical (unpaired) electrons. The van der Waals surface area contributed by atoms with Crippen LogP contribution in [0.25, 0.3) is 0 Å². The molecule has 1 saturated heterocycles. The van der Waals surface area contributed by atoms with E-state index in [2.05, 4.69) is 10.4 Å². The van der Waals surface area contributed by atoms with E-state index in [0.717, 1.165) is 17.5 Å². The summed E-state index contributed by atoms with van der Waals surface area (Å²) in [6.07, 6.45) is 4.34. The molecule has 1 N–H and O–H groups in total. The molecule has 1 atom stereocenters. The van der Waals surface area contributed by atoms with Crippen molar-refractivity contribution in [2.75, 3.05) is 33.2 Å². The quantitative estimate of drug-likeness (QED) is 0.849. The molecule has 2 aromatic rings. The molecule has 0 aliphatic carbocycles. The Kier molecular flexibility index (Phi) is 7.19. The van der Waals surface area contributed by atoms with Crippen LogP contribution < -0.4 is 5.32 Å². The Morgan fingerprint density at radius 1 is 1.23 bits per heavy atom. The fourth-order valence-corrected chi connectivity index (χ4v) is 3.74. The van der Waals surface area contributed by atoms with Gasteiger partial charge in [-0.05, 0) is 24.9 Å². The molecule has 1 fully saturated rings. The third-order valence-electron chi connectivity index (χ3n) is 4.46. The van der Waals surface area contributed by atoms with Crippen molar-refractivity contribution in [1.29, 1.82) is 0 Å². The van der Waals surface area contributed by atoms with Gasteiger partial charge in [-0.1, -0.05) is 0 Å². The van der Waals surface area contributed by atoms with Gasteiger partial charge in [0, 0.05) is 50.4 Å². The number of likely N-dealkylation sites (N-methyl/N-ethyl adjacent to an activating group) is 1. The second-order valence-corrected chi connectivity index (χ2v) is 6.93. The summed E-state index contributed by atoms with van der Waals surface area (Å²) in [7, 11) is 3.61. The standard InChI is InChI=1S/C17H23N5O2S.ClH/c1-18-15(14-10-19-20(2)11-14)17(24)22-6-3-5-21(7-8-22)16(23)13-4-9-25-12-13;/h4,9-12,15,18H,3,5-8H2,1-2H3;1H. The number of aryl methyl sites for hydroxylation is 1. The molecule has 2 amide bonds. The lowest BCUT2D eigenvalue weighted by Gasteiger charge is -2.25. The second kappa shape index (κ2) is 9.16. The van der Waals surface area contributed by atoms with Crippen molar-refractivity contribution in [2.24, 2.45) is 7.05 Å². The first-order chi connectivity index (χ1) is 12.1. The first-order valence-corrected chi connectivity index (χ1v) is 9.30. The molecule has 3 rings (SSSR count). The lowest BCUT2D eigenvalue weighted by atomic mass is 10.1. The van der Waals surface area contributed by atoms with Crippen LogP contribution in [0.3, 0.4) is 0 Å². The molecule has 1 aliphatic rings. The zero-order chi connectivity index (χ0) is 17.8. The number of aromatic nitrogens is 2. The highest BCUT2D eigenvalue weighted by Crippen LogP contribution is 2.17. The predicted octanol–water partition coefficient (Wildman–Crippen LogP) is 1.54. The lowest BCUT2D eigenvalue weighted by Crippen LogP contribution is -2.42. The Labute approximate surface area is 163 Å². The number of halogens is 1. The Morgan fingerprint density at radius 2 is 1.96 bits per heavy atom. The van der Waals surface area contributed by atoms with E-state index in [-0.39, 0.29) is 24.2 Å². The Balaban J connectivity index is 0.00000243. The van der Waals surface area contributed by atoms with Gasteiger partial charge in [-0.2, -0.15) is 16.4 Å². The van der Waals surface area contributed by atoms with Crippen LogP contribution in [-0.2, 0) is 11.8 Å². The predicted molar refractivity (Wildman–Crippen MR) is 104 cm³/mol. The summed E-state index contributed by atoms with van der Waals surface area (Å²) in [6, 6.07) is 1.44. The molecular formula is C17H24ClN5O2S. The third kappa shape index (κ3) is 4.44. The highest BCUT2D eigenvalue weighted by Gasteiger charge is 2.28. The number of thiophene rings is 1. The maximum atomic E-state index is 12.9. The maximum Gasteiger partial charge on any atom is 0.254 e. The fourth-order valence-electron chi connectivity index (χ4n) is 3.11. The molecule has 2 aromatic heterocycles. The summed E-state index contributed by atoms with van der Waals surface area (Å²) in [5.41, 5.74) is 1.58. The fraction of sp³-hybridized carbons (Fsp3) is 0.471. The topological polar surface area (TPSA) is 70.5 Å². The molecule has 0 spiro atoms. The molecular weight excluding hydrogens is 374 g/mol. The maximum absolute atomic E-state index is 12.9. The van der Waals surface area contributed by atoms with Crippen LogP contribution in [0, 0.1) is 0 Å². The van der Waals surface area contributed by atoms with Gasteiger partial charge in [-0.3, -0.25) is 14.3 Å². The zero-order valence-electron chi connectivity index (χ0n) is 14.9. The molecule has 3 heterocycles. The van der Waals surface area contributed by atoms with Gasteiger partial charge in [0.25, 0.3) is 5.91 Å². The van der Waals surface area contributed by atoms with Gasteiger partial charge in [0.1, 0.15) is 6.04 Å². The summed E-state index contributed by atoms with van der Waals surface area (Å²) < 4.78 is 1.69. The Morgan fingerprint density at radius 3 is 2.58 bits per heavy atom. The molecule has 0 saturated carbocycles. The number of nitrogens with one attached hydrogen (secondary N) is 1. The van der Waals surface area contributed by atoms with Crippen molar-refractivity contribution in [3.8, 4) is 0 Å². The highest BCUT2D eigenvalue weighted by atomic mass is 35.5. The highest BCUT2D eigenvalue weighted by molar-refractivity contribution is 7.08. The average Bonchev–Trinajstić information content (AvgIpc) is 3.22. The van der Waals surface area contributed by atoms with Gasteiger partial charge in [-0.15, -0.1) is 12.4 Å². The van der Waals surface area contributed by atoms with Crippen LogP contribution in [0.1, 0.15) is 28.4 Å². The number of nitrogens with zero attached hydrogens (tertiary/aromatic N) is 4. The molecule has 1 aliphatic heterocycles. The molecule has 0 bridgehead atoms. The van der Waals surface area contributed by atoms with Crippen molar-refractivity contribution >= 4 is 35.6 Å². The minimum atomic E-state index is -0.409. The second-order valence-electron chi connectivity index (χ2n) is 6.15. The van der Waals surface area contributed by atoms with E-state index < -0.39 is 6.04 Å². The molecule has 9 heteroatoms. The first-order valence-electron chi connectivity index (χ1n) is 8.36. The molecule has 1 unspecified atom stereocenters. The van der Waals surface area contributed by atoms with Crippen LogP contribution in [0.4, 0.5) is 0 Å². The van der Waals surface area contributed by atoms with E-state index >= 15 is 0 Å². The number of rotatable bonds is 4. The first kappa shape index (κ1) is 20.4. The monoisotopic (exact) mass is 397 g/mol. The van der Waals surface area contributed by atoms with E-state index in [1.165, 1.54) is 11.3 Å². The normalized spacial score (nSPS) is 15.9. The van der Waals surface area contributed by atoms with E-state index in [4.69, 9.17) is 0 Å². The van der Waals surface area contributed by atoms with E-state index in [1.807, 2.05) is 39.9 Å². The van der Waals surface area contributed by atoms with Gasteiger partial charge in [0.2, 0.25) is 5.91 Å². The average molecular weight is 398 g/mol. The number of amides is 2. The minimum absolute atomic E-state index is 0. The van der Waals surface area contributed by atoms with Crippen molar-refractivity contribution < 1.29 is 9.59 Å². The van der Waals surface area contributed by atoms with Crippen molar-refractivity contribution in [1.82, 2.24) is 24.9 Å². The smallest absolute Gasteiger partial charge is 0.254 e. The van der Waals surface area contributed by atoms with Gasteiger partial charge in [-0.25, -0.2) is 0 Å². The molecule has 7 nitrogen and oxygen atoms in total. The summed E-state index contributed by atoms with van der Waals surface area (Å²) >= 11 is 1.52. The van der Waals surface area contributed by atoms with Crippen LogP contribution in [0.5, 0.6) is 0 Å². The van der Waals surface area contributed by atoms with Gasteiger partial charge in [0.15, 0.2) is 0 Å².